The van der Waals surface area contributed by atoms with E-state index in [1.165, 1.54) is 18.4 Å². The van der Waals surface area contributed by atoms with Gasteiger partial charge in [0, 0.05) is 38.3 Å². The number of hydrogen-bond donors (Lipinski definition) is 3. The Morgan fingerprint density at radius 2 is 2.09 bits per heavy atom. The number of nitrogens with one attached hydrogen (secondary N) is 3. The van der Waals surface area contributed by atoms with Crippen LogP contribution in [-0.2, 0) is 9.47 Å². The van der Waals surface area contributed by atoms with Crippen LogP contribution in [0.4, 0.5) is 9.93 Å². The second-order valence-electron chi connectivity index (χ2n) is 7.47. The molecule has 11 nitrogen and oxygen atoms in total. The molecule has 3 aromatic heterocycles. The summed E-state index contributed by atoms with van der Waals surface area (Å²) in [6, 6.07) is -0.262. The monoisotopic (exact) mass is 528 g/mol. The van der Waals surface area contributed by atoms with E-state index >= 15 is 0 Å². The summed E-state index contributed by atoms with van der Waals surface area (Å²) in [5, 5.41) is 4.37. The van der Waals surface area contributed by atoms with Gasteiger partial charge in [-0.3, -0.25) is 4.79 Å². The Hall–Kier alpha value is -2.80. The number of anilines is 1. The van der Waals surface area contributed by atoms with Gasteiger partial charge in [-0.25, -0.2) is 14.8 Å². The van der Waals surface area contributed by atoms with Crippen LogP contribution in [0, 0.1) is 6.92 Å². The van der Waals surface area contributed by atoms with Gasteiger partial charge in [-0.1, -0.05) is 34.5 Å². The predicted molar refractivity (Wildman–Crippen MR) is 127 cm³/mol. The highest BCUT2D eigenvalue weighted by atomic mass is 35.5. The number of halogens is 2. The smallest absolute Gasteiger partial charge is 0.437 e. The van der Waals surface area contributed by atoms with E-state index in [1.54, 1.807) is 26.4 Å². The third-order valence-corrected chi connectivity index (χ3v) is 7.32. The van der Waals surface area contributed by atoms with Crippen molar-refractivity contribution in [1.29, 1.82) is 0 Å². The molecule has 0 saturated carbocycles. The molecule has 0 aromatic carbocycles. The third-order valence-electron chi connectivity index (χ3n) is 5.38. The molecule has 1 saturated heterocycles. The number of nitrogens with zero attached hydrogens (tertiary/aromatic N) is 3. The molecule has 4 heterocycles. The fourth-order valence-electron chi connectivity index (χ4n) is 3.62. The number of amides is 1. The van der Waals surface area contributed by atoms with Crippen molar-refractivity contribution < 1.29 is 23.8 Å². The Labute approximate surface area is 208 Å². The molecule has 3 N–H and O–H groups in total. The summed E-state index contributed by atoms with van der Waals surface area (Å²) < 4.78 is 15.6. The normalized spacial score (nSPS) is 18.1. The van der Waals surface area contributed by atoms with Crippen LogP contribution in [0.25, 0.3) is 11.5 Å². The highest BCUT2D eigenvalue weighted by molar-refractivity contribution is 7.18. The van der Waals surface area contributed by atoms with Gasteiger partial charge in [-0.15, -0.1) is 0 Å². The van der Waals surface area contributed by atoms with Crippen LogP contribution in [0.2, 0.25) is 10.0 Å². The van der Waals surface area contributed by atoms with Gasteiger partial charge in [0.05, 0.1) is 29.3 Å². The van der Waals surface area contributed by atoms with E-state index in [9.17, 15) is 9.59 Å². The zero-order chi connectivity index (χ0) is 24.4. The minimum absolute atomic E-state index is 0.189. The zero-order valence-electron chi connectivity index (χ0n) is 18.5. The van der Waals surface area contributed by atoms with Crippen molar-refractivity contribution >= 4 is 51.7 Å². The van der Waals surface area contributed by atoms with Crippen molar-refractivity contribution in [2.45, 2.75) is 25.5 Å². The van der Waals surface area contributed by atoms with Crippen LogP contribution in [0.1, 0.15) is 22.6 Å². The summed E-state index contributed by atoms with van der Waals surface area (Å²) >= 11 is 13.5. The maximum atomic E-state index is 12.8. The highest BCUT2D eigenvalue weighted by Crippen LogP contribution is 2.39. The quantitative estimate of drug-likeness (QED) is 0.412. The van der Waals surface area contributed by atoms with E-state index < -0.39 is 6.16 Å². The van der Waals surface area contributed by atoms with Crippen LogP contribution in [0.3, 0.4) is 0 Å². The average molecular weight is 529 g/mol. The van der Waals surface area contributed by atoms with Crippen molar-refractivity contribution in [3.05, 3.63) is 33.8 Å². The second kappa shape index (κ2) is 10.2. The van der Waals surface area contributed by atoms with E-state index in [2.05, 4.69) is 30.0 Å². The molecule has 0 spiro atoms. The van der Waals surface area contributed by atoms with Crippen molar-refractivity contribution in [3.8, 4) is 16.6 Å². The molecule has 0 unspecified atom stereocenters. The number of carbonyl (C=O) groups excluding carboxylic acids is 2. The average Bonchev–Trinajstić information content (AvgIpc) is 3.56. The summed E-state index contributed by atoms with van der Waals surface area (Å²) in [6.07, 6.45) is 2.63. The topological polar surface area (TPSA) is 134 Å². The van der Waals surface area contributed by atoms with Gasteiger partial charge in [0.15, 0.2) is 16.6 Å². The van der Waals surface area contributed by atoms with Crippen LogP contribution in [-0.4, -0.2) is 71.5 Å². The Morgan fingerprint density at radius 3 is 2.71 bits per heavy atom. The number of methoxy groups -OCH3 is 2. The van der Waals surface area contributed by atoms with Gasteiger partial charge in [0.25, 0.3) is 5.91 Å². The van der Waals surface area contributed by atoms with Gasteiger partial charge in [-0.05, 0) is 13.3 Å². The molecule has 2 atom stereocenters. The summed E-state index contributed by atoms with van der Waals surface area (Å²) in [4.78, 5) is 41.2. The third kappa shape index (κ3) is 4.85. The van der Waals surface area contributed by atoms with Gasteiger partial charge in [0.2, 0.25) is 5.06 Å². The van der Waals surface area contributed by atoms with E-state index in [0.717, 1.165) is 0 Å². The van der Waals surface area contributed by atoms with Gasteiger partial charge >= 0.3 is 6.16 Å². The fraction of sp³-hybridized carbons (Fsp3) is 0.400. The fourth-order valence-corrected chi connectivity index (χ4v) is 4.99. The first-order valence-electron chi connectivity index (χ1n) is 10.2. The lowest BCUT2D eigenvalue weighted by atomic mass is 10.0. The Bertz CT molecular complexity index is 1180. The molecular weight excluding hydrogens is 507 g/mol. The molecule has 1 fully saturated rings. The predicted octanol–water partition coefficient (Wildman–Crippen LogP) is 3.65. The van der Waals surface area contributed by atoms with Crippen LogP contribution in [0.5, 0.6) is 5.06 Å². The van der Waals surface area contributed by atoms with Crippen molar-refractivity contribution in [3.63, 3.8) is 0 Å². The Kier molecular flexibility index (Phi) is 7.31. The number of imidazole rings is 1. The molecule has 4 rings (SSSR count). The first-order valence-corrected chi connectivity index (χ1v) is 11.8. The number of aromatic nitrogens is 4. The summed E-state index contributed by atoms with van der Waals surface area (Å²) in [5.41, 5.74) is 1.23. The number of thiazole rings is 1. The van der Waals surface area contributed by atoms with Crippen LogP contribution >= 0.6 is 34.5 Å². The van der Waals surface area contributed by atoms with Crippen molar-refractivity contribution in [2.75, 3.05) is 32.2 Å². The number of hydrogen-bond acceptors (Lipinski definition) is 9. The first-order chi connectivity index (χ1) is 16.3. The maximum absolute atomic E-state index is 12.8. The van der Waals surface area contributed by atoms with E-state index in [4.69, 9.17) is 32.7 Å². The molecule has 1 aliphatic rings. The standard InChI is InChI=1S/C20H22Cl2N6O5S/c1-9-12(21)13(22)14(25-9)17(29)26-10-4-7-28(8-11(10)31-2)19-27-15(16-23-5-6-24-16)18(34-19)33-20(30)32-3/h5-6,10-11,25H,4,7-8H2,1-3H3,(H,23,24)(H,26,29)/t10-,11+/m1/s1. The Morgan fingerprint density at radius 1 is 1.29 bits per heavy atom. The number of rotatable bonds is 6. The lowest BCUT2D eigenvalue weighted by Crippen LogP contribution is -2.55. The van der Waals surface area contributed by atoms with Crippen molar-refractivity contribution in [2.24, 2.45) is 0 Å². The minimum Gasteiger partial charge on any atom is -0.437 e. The lowest BCUT2D eigenvalue weighted by molar-refractivity contribution is 0.0540. The number of carbonyl (C=O) groups is 2. The van der Waals surface area contributed by atoms with Gasteiger partial charge in [-0.2, -0.15) is 0 Å². The number of piperidine rings is 1. The maximum Gasteiger partial charge on any atom is 0.514 e. The summed E-state index contributed by atoms with van der Waals surface area (Å²) in [7, 11) is 2.81. The molecule has 1 aliphatic heterocycles. The van der Waals surface area contributed by atoms with Gasteiger partial charge in [0.1, 0.15) is 5.69 Å². The molecule has 0 radical (unpaired) electrons. The summed E-state index contributed by atoms with van der Waals surface area (Å²) in [5.74, 6) is 0.104. The number of aromatic amines is 2. The van der Waals surface area contributed by atoms with E-state index in [-0.39, 0.29) is 33.8 Å². The van der Waals surface area contributed by atoms with Crippen LogP contribution < -0.4 is 15.0 Å². The highest BCUT2D eigenvalue weighted by Gasteiger charge is 2.34. The summed E-state index contributed by atoms with van der Waals surface area (Å²) in [6.45, 7) is 2.76. The molecule has 0 aliphatic carbocycles. The molecule has 14 heteroatoms. The number of aryl methyl sites for hydroxylation is 1. The molecule has 0 bridgehead atoms. The van der Waals surface area contributed by atoms with Crippen LogP contribution in [0.15, 0.2) is 12.4 Å². The molecule has 1 amide bonds. The van der Waals surface area contributed by atoms with Gasteiger partial charge < -0.3 is 34.4 Å². The molecular formula is C20H22Cl2N6O5S. The van der Waals surface area contributed by atoms with E-state index in [0.29, 0.717) is 46.9 Å². The van der Waals surface area contributed by atoms with Crippen molar-refractivity contribution in [1.82, 2.24) is 25.3 Å². The lowest BCUT2D eigenvalue weighted by Gasteiger charge is -2.37. The zero-order valence-corrected chi connectivity index (χ0v) is 20.8. The number of H-pyrrole nitrogens is 2. The molecule has 34 heavy (non-hydrogen) atoms. The second-order valence-corrected chi connectivity index (χ2v) is 9.16. The molecule has 182 valence electrons. The molecule has 3 aromatic rings. The minimum atomic E-state index is -0.850. The largest absolute Gasteiger partial charge is 0.514 e. The Balaban J connectivity index is 1.50. The number of ether oxygens (including phenoxy) is 3. The van der Waals surface area contributed by atoms with E-state index in [1.807, 2.05) is 4.90 Å². The first kappa shape index (κ1) is 24.3. The SMILES string of the molecule is COC(=O)Oc1sc(N2CC[C@@H](NC(=O)c3[nH]c(C)c(Cl)c3Cl)[C@@H](OC)C2)nc1-c1ncc[nH]1.